The number of primary amides is 1. The average molecular weight is 603 g/mol. The van der Waals surface area contributed by atoms with E-state index in [1.54, 1.807) is 36.5 Å². The predicted octanol–water partition coefficient (Wildman–Crippen LogP) is -0.339. The Kier molecular flexibility index (Phi) is 10.4. The van der Waals surface area contributed by atoms with Gasteiger partial charge in [0, 0.05) is 48.3 Å². The van der Waals surface area contributed by atoms with Crippen LogP contribution in [0.1, 0.15) is 23.2 Å². The Morgan fingerprint density at radius 3 is 2.14 bits per heavy atom. The summed E-state index contributed by atoms with van der Waals surface area (Å²) >= 11 is 0. The molecule has 0 aliphatic heterocycles. The van der Waals surface area contributed by atoms with Crippen LogP contribution in [-0.2, 0) is 43.2 Å². The first-order valence-corrected chi connectivity index (χ1v) is 13.8. The summed E-state index contributed by atoms with van der Waals surface area (Å²) in [6.07, 6.45) is 4.10. The number of aromatic nitrogens is 3. The van der Waals surface area contributed by atoms with E-state index in [0.29, 0.717) is 16.8 Å². The zero-order valence-electron chi connectivity index (χ0n) is 23.7. The van der Waals surface area contributed by atoms with Crippen molar-refractivity contribution in [1.82, 2.24) is 30.9 Å². The molecule has 0 fully saturated rings. The number of carboxylic acids is 1. The van der Waals surface area contributed by atoms with Crippen LogP contribution in [0.5, 0.6) is 0 Å². The topological polar surface area (TPSA) is 238 Å². The maximum absolute atomic E-state index is 13.5. The molecule has 0 saturated heterocycles. The van der Waals surface area contributed by atoms with Crippen molar-refractivity contribution in [2.24, 2.45) is 11.5 Å². The van der Waals surface area contributed by atoms with Crippen LogP contribution in [-0.4, -0.2) is 73.8 Å². The standard InChI is InChI=1S/C30H34N8O6/c31-21(12-19-15-33-16-35-19)27(40)36-24(13-26(32)39)29(42)37-23(10-17-6-2-1-3-7-17)28(41)38-25(30(43)44)11-18-14-34-22-9-5-4-8-20(18)22/h1-9,14-16,21,23-25,34H,10-13,31H2,(H2,32,39)(H,33,35)(H,36,40)(H,37,42)(H,38,41)(H,43,44). The van der Waals surface area contributed by atoms with Gasteiger partial charge in [-0.3, -0.25) is 19.2 Å². The number of nitrogens with two attached hydrogens (primary N) is 2. The van der Waals surface area contributed by atoms with Crippen LogP contribution in [0, 0.1) is 0 Å². The normalized spacial score (nSPS) is 13.8. The largest absolute Gasteiger partial charge is 0.480 e. The molecule has 2 aromatic carbocycles. The van der Waals surface area contributed by atoms with Gasteiger partial charge in [-0.25, -0.2) is 9.78 Å². The van der Waals surface area contributed by atoms with Crippen molar-refractivity contribution in [3.63, 3.8) is 0 Å². The molecule has 0 spiro atoms. The number of fused-ring (bicyclic) bond motifs is 1. The minimum absolute atomic E-state index is 0.00554. The van der Waals surface area contributed by atoms with Crippen molar-refractivity contribution in [1.29, 1.82) is 0 Å². The summed E-state index contributed by atoms with van der Waals surface area (Å²) in [4.78, 5) is 73.5. The van der Waals surface area contributed by atoms with Crippen molar-refractivity contribution < 1.29 is 29.1 Å². The van der Waals surface area contributed by atoms with Gasteiger partial charge in [-0.05, 0) is 17.2 Å². The highest BCUT2D eigenvalue weighted by molar-refractivity contribution is 5.96. The van der Waals surface area contributed by atoms with E-state index in [1.165, 1.54) is 12.5 Å². The number of amides is 4. The summed E-state index contributed by atoms with van der Waals surface area (Å²) in [7, 11) is 0. The summed E-state index contributed by atoms with van der Waals surface area (Å²) in [6, 6.07) is 11.0. The van der Waals surface area contributed by atoms with Gasteiger partial charge in [0.25, 0.3) is 0 Å². The second-order valence-electron chi connectivity index (χ2n) is 10.3. The van der Waals surface area contributed by atoms with Gasteiger partial charge in [0.05, 0.1) is 18.8 Å². The number of aliphatic carboxylic acids is 1. The number of carboxylic acid groups (broad SMARTS) is 1. The third-order valence-corrected chi connectivity index (χ3v) is 7.00. The number of carbonyl (C=O) groups is 5. The average Bonchev–Trinajstić information content (AvgIpc) is 3.66. The molecular weight excluding hydrogens is 568 g/mol. The molecule has 44 heavy (non-hydrogen) atoms. The summed E-state index contributed by atoms with van der Waals surface area (Å²) in [5.41, 5.74) is 14.1. The number of rotatable bonds is 15. The van der Waals surface area contributed by atoms with E-state index in [0.717, 1.165) is 10.9 Å². The number of nitrogens with zero attached hydrogens (tertiary/aromatic N) is 1. The maximum Gasteiger partial charge on any atom is 0.326 e. The van der Waals surface area contributed by atoms with Gasteiger partial charge in [-0.15, -0.1) is 0 Å². The first kappa shape index (κ1) is 31.4. The molecule has 14 nitrogen and oxygen atoms in total. The lowest BCUT2D eigenvalue weighted by molar-refractivity contribution is -0.142. The highest BCUT2D eigenvalue weighted by Gasteiger charge is 2.32. The van der Waals surface area contributed by atoms with E-state index in [9.17, 15) is 29.1 Å². The molecule has 2 heterocycles. The molecule has 0 aliphatic carbocycles. The summed E-state index contributed by atoms with van der Waals surface area (Å²) in [5.74, 6) is -4.50. The molecular formula is C30H34N8O6. The Labute approximate surface area is 252 Å². The number of benzene rings is 2. The molecule has 0 bridgehead atoms. The number of aromatic amines is 2. The van der Waals surface area contributed by atoms with Crippen molar-refractivity contribution in [3.8, 4) is 0 Å². The third kappa shape index (κ3) is 8.51. The number of hydrogen-bond donors (Lipinski definition) is 8. The minimum atomic E-state index is -1.44. The van der Waals surface area contributed by atoms with Crippen LogP contribution in [0.4, 0.5) is 0 Å². The Hall–Kier alpha value is -5.50. The van der Waals surface area contributed by atoms with E-state index in [-0.39, 0.29) is 19.3 Å². The van der Waals surface area contributed by atoms with Gasteiger partial charge in [0.15, 0.2) is 0 Å². The van der Waals surface area contributed by atoms with Gasteiger partial charge in [0.2, 0.25) is 23.6 Å². The zero-order chi connectivity index (χ0) is 31.6. The van der Waals surface area contributed by atoms with Crippen molar-refractivity contribution in [3.05, 3.63) is 90.1 Å². The zero-order valence-corrected chi connectivity index (χ0v) is 23.7. The van der Waals surface area contributed by atoms with Gasteiger partial charge >= 0.3 is 5.97 Å². The number of imidazole rings is 1. The number of H-pyrrole nitrogens is 2. The van der Waals surface area contributed by atoms with Crippen LogP contribution >= 0.6 is 0 Å². The summed E-state index contributed by atoms with van der Waals surface area (Å²) < 4.78 is 0. The fourth-order valence-corrected chi connectivity index (χ4v) is 4.74. The summed E-state index contributed by atoms with van der Waals surface area (Å²) in [6.45, 7) is 0. The Morgan fingerprint density at radius 2 is 1.45 bits per heavy atom. The molecule has 0 saturated carbocycles. The quantitative estimate of drug-likeness (QED) is 0.0893. The molecule has 14 heteroatoms. The van der Waals surface area contributed by atoms with Crippen LogP contribution in [0.15, 0.2) is 73.3 Å². The summed E-state index contributed by atoms with van der Waals surface area (Å²) in [5, 5.41) is 18.3. The molecule has 4 unspecified atom stereocenters. The fraction of sp³-hybridized carbons (Fsp3) is 0.267. The van der Waals surface area contributed by atoms with Gasteiger partial charge in [-0.2, -0.15) is 0 Å². The molecule has 0 aliphatic rings. The smallest absolute Gasteiger partial charge is 0.326 e. The lowest BCUT2D eigenvalue weighted by atomic mass is 10.0. The van der Waals surface area contributed by atoms with Crippen molar-refractivity contribution in [2.45, 2.75) is 49.9 Å². The second-order valence-corrected chi connectivity index (χ2v) is 10.3. The Morgan fingerprint density at radius 1 is 0.795 bits per heavy atom. The first-order valence-electron chi connectivity index (χ1n) is 13.8. The maximum atomic E-state index is 13.5. The lowest BCUT2D eigenvalue weighted by Crippen LogP contribution is -2.58. The molecule has 4 atom stereocenters. The van der Waals surface area contributed by atoms with Gasteiger partial charge in [0.1, 0.15) is 18.1 Å². The van der Waals surface area contributed by atoms with Crippen LogP contribution in [0.3, 0.4) is 0 Å². The molecule has 230 valence electrons. The molecule has 4 rings (SSSR count). The lowest BCUT2D eigenvalue weighted by Gasteiger charge is -2.25. The Balaban J connectivity index is 1.51. The van der Waals surface area contributed by atoms with Crippen molar-refractivity contribution in [2.75, 3.05) is 0 Å². The van der Waals surface area contributed by atoms with Crippen LogP contribution in [0.25, 0.3) is 10.9 Å². The van der Waals surface area contributed by atoms with Gasteiger partial charge < -0.3 is 42.5 Å². The van der Waals surface area contributed by atoms with E-state index >= 15 is 0 Å². The minimum Gasteiger partial charge on any atom is -0.480 e. The monoisotopic (exact) mass is 602 g/mol. The molecule has 10 N–H and O–H groups in total. The number of nitrogens with one attached hydrogen (secondary N) is 5. The van der Waals surface area contributed by atoms with E-state index in [1.807, 2.05) is 24.3 Å². The Bertz CT molecular complexity index is 1600. The van der Waals surface area contributed by atoms with E-state index in [4.69, 9.17) is 11.5 Å². The second kappa shape index (κ2) is 14.6. The molecule has 2 aromatic heterocycles. The SMILES string of the molecule is NC(=O)CC(NC(=O)C(N)Cc1cnc[nH]1)C(=O)NC(Cc1ccccc1)C(=O)NC(Cc1c[nH]c2ccccc12)C(=O)O. The molecule has 4 amide bonds. The highest BCUT2D eigenvalue weighted by atomic mass is 16.4. The number of para-hydroxylation sites is 1. The fourth-order valence-electron chi connectivity index (χ4n) is 4.74. The van der Waals surface area contributed by atoms with Gasteiger partial charge in [-0.1, -0.05) is 48.5 Å². The van der Waals surface area contributed by atoms with E-state index in [2.05, 4.69) is 30.9 Å². The van der Waals surface area contributed by atoms with Crippen molar-refractivity contribution >= 4 is 40.5 Å². The van der Waals surface area contributed by atoms with Crippen LogP contribution in [0.2, 0.25) is 0 Å². The van der Waals surface area contributed by atoms with Crippen LogP contribution < -0.4 is 27.4 Å². The number of hydrogen-bond acceptors (Lipinski definition) is 7. The predicted molar refractivity (Wildman–Crippen MR) is 160 cm³/mol. The highest BCUT2D eigenvalue weighted by Crippen LogP contribution is 2.19. The first-order chi connectivity index (χ1) is 21.1. The molecule has 4 aromatic rings. The van der Waals surface area contributed by atoms with E-state index < -0.39 is 60.2 Å². The number of carbonyl (C=O) groups excluding carboxylic acids is 4. The third-order valence-electron chi connectivity index (χ3n) is 7.00. The molecule has 0 radical (unpaired) electrons.